The number of carbonyl (C=O) groups is 1. The molecule has 0 atom stereocenters. The molecule has 0 heterocycles. The zero-order chi connectivity index (χ0) is 14.7. The van der Waals surface area contributed by atoms with Gasteiger partial charge < -0.3 is 20.8 Å². The summed E-state index contributed by atoms with van der Waals surface area (Å²) >= 11 is 6.23. The summed E-state index contributed by atoms with van der Waals surface area (Å²) in [5.74, 6) is -1.04. The quantitative estimate of drug-likeness (QED) is 0.702. The average Bonchev–Trinajstić information content (AvgIpc) is 2.31. The number of aliphatic hydroxyl groups excluding tert-OH is 1. The highest BCUT2D eigenvalue weighted by atomic mass is 35.5. The van der Waals surface area contributed by atoms with Crippen LogP contribution in [0, 0.1) is 0 Å². The summed E-state index contributed by atoms with van der Waals surface area (Å²) in [7, 11) is 0. The standard InChI is InChI=1S/C14H19ClN2O3/c15-12-8-9(16)7-11(14(19)20)13(12)17(5-2-6-18)10-3-1-4-10/h7-8,10,18H,1-6,16H2,(H,19,20). The fourth-order valence-electron chi connectivity index (χ4n) is 2.49. The van der Waals surface area contributed by atoms with Gasteiger partial charge in [-0.2, -0.15) is 0 Å². The summed E-state index contributed by atoms with van der Waals surface area (Å²) in [5.41, 5.74) is 6.67. The zero-order valence-corrected chi connectivity index (χ0v) is 11.9. The molecule has 0 bridgehead atoms. The molecule has 1 aromatic rings. The number of nitrogens with two attached hydrogens (primary N) is 1. The first-order valence-corrected chi connectivity index (χ1v) is 7.12. The van der Waals surface area contributed by atoms with Crippen LogP contribution < -0.4 is 10.6 Å². The van der Waals surface area contributed by atoms with Gasteiger partial charge in [0.2, 0.25) is 0 Å². The maximum atomic E-state index is 11.4. The van der Waals surface area contributed by atoms with Crippen molar-refractivity contribution in [3.63, 3.8) is 0 Å². The summed E-state index contributed by atoms with van der Waals surface area (Å²) in [6, 6.07) is 3.31. The van der Waals surface area contributed by atoms with Crippen LogP contribution in [0.2, 0.25) is 5.02 Å². The Hall–Kier alpha value is -1.46. The van der Waals surface area contributed by atoms with E-state index in [4.69, 9.17) is 22.4 Å². The van der Waals surface area contributed by atoms with Crippen molar-refractivity contribution in [3.8, 4) is 0 Å². The molecule has 4 N–H and O–H groups in total. The summed E-state index contributed by atoms with van der Waals surface area (Å²) in [4.78, 5) is 13.4. The van der Waals surface area contributed by atoms with Crippen LogP contribution in [0.15, 0.2) is 12.1 Å². The van der Waals surface area contributed by atoms with Gasteiger partial charge in [0.15, 0.2) is 0 Å². The molecule has 2 rings (SSSR count). The number of aliphatic hydroxyl groups is 1. The molecule has 0 unspecified atom stereocenters. The number of benzene rings is 1. The molecule has 0 saturated heterocycles. The van der Waals surface area contributed by atoms with E-state index in [1.54, 1.807) is 6.07 Å². The molecule has 1 aliphatic carbocycles. The van der Waals surface area contributed by atoms with E-state index in [-0.39, 0.29) is 12.2 Å². The van der Waals surface area contributed by atoms with Gasteiger partial charge in [-0.15, -0.1) is 0 Å². The molecule has 1 fully saturated rings. The van der Waals surface area contributed by atoms with E-state index in [1.807, 2.05) is 4.90 Å². The van der Waals surface area contributed by atoms with E-state index in [0.717, 1.165) is 19.3 Å². The minimum Gasteiger partial charge on any atom is -0.478 e. The van der Waals surface area contributed by atoms with E-state index in [0.29, 0.717) is 35.4 Å². The molecule has 6 heteroatoms. The molecule has 0 radical (unpaired) electrons. The molecule has 1 aromatic carbocycles. The lowest BCUT2D eigenvalue weighted by Gasteiger charge is -2.40. The van der Waals surface area contributed by atoms with Crippen molar-refractivity contribution in [3.05, 3.63) is 22.7 Å². The number of carboxylic acids is 1. The third-order valence-electron chi connectivity index (χ3n) is 3.68. The SMILES string of the molecule is Nc1cc(Cl)c(N(CCCO)C2CCC2)c(C(=O)O)c1. The fraction of sp³-hybridized carbons (Fsp3) is 0.500. The summed E-state index contributed by atoms with van der Waals surface area (Å²) in [6.45, 7) is 0.656. The molecule has 1 saturated carbocycles. The van der Waals surface area contributed by atoms with Gasteiger partial charge in [-0.25, -0.2) is 4.79 Å². The maximum absolute atomic E-state index is 11.4. The zero-order valence-electron chi connectivity index (χ0n) is 11.2. The van der Waals surface area contributed by atoms with Crippen molar-refractivity contribution in [2.45, 2.75) is 31.7 Å². The lowest BCUT2D eigenvalue weighted by Crippen LogP contribution is -2.42. The molecular weight excluding hydrogens is 280 g/mol. The maximum Gasteiger partial charge on any atom is 0.337 e. The smallest absolute Gasteiger partial charge is 0.337 e. The third kappa shape index (κ3) is 2.99. The minimum atomic E-state index is -1.04. The van der Waals surface area contributed by atoms with Gasteiger partial charge in [0.1, 0.15) is 0 Å². The lowest BCUT2D eigenvalue weighted by molar-refractivity contribution is 0.0697. The molecule has 0 spiro atoms. The van der Waals surface area contributed by atoms with Crippen molar-refractivity contribution in [2.24, 2.45) is 0 Å². The van der Waals surface area contributed by atoms with Crippen LogP contribution in [0.4, 0.5) is 11.4 Å². The van der Waals surface area contributed by atoms with E-state index in [2.05, 4.69) is 0 Å². The first kappa shape index (κ1) is 14.9. The Balaban J connectivity index is 2.42. The van der Waals surface area contributed by atoms with Crippen LogP contribution in [-0.2, 0) is 0 Å². The Morgan fingerprint density at radius 3 is 2.65 bits per heavy atom. The third-order valence-corrected chi connectivity index (χ3v) is 3.96. The number of rotatable bonds is 6. The van der Waals surface area contributed by atoms with Gasteiger partial charge in [0, 0.05) is 24.9 Å². The van der Waals surface area contributed by atoms with E-state index >= 15 is 0 Å². The minimum absolute atomic E-state index is 0.0677. The predicted octanol–water partition coefficient (Wildman–Crippen LogP) is 2.36. The van der Waals surface area contributed by atoms with Crippen LogP contribution in [0.3, 0.4) is 0 Å². The molecule has 5 nitrogen and oxygen atoms in total. The van der Waals surface area contributed by atoms with E-state index in [9.17, 15) is 9.90 Å². The second kappa shape index (κ2) is 6.33. The van der Waals surface area contributed by atoms with E-state index < -0.39 is 5.97 Å². The van der Waals surface area contributed by atoms with E-state index in [1.165, 1.54) is 6.07 Å². The van der Waals surface area contributed by atoms with Gasteiger partial charge in [-0.1, -0.05) is 11.6 Å². The van der Waals surface area contributed by atoms with Gasteiger partial charge in [0.05, 0.1) is 16.3 Å². The molecule has 110 valence electrons. The van der Waals surface area contributed by atoms with Gasteiger partial charge >= 0.3 is 5.97 Å². The highest BCUT2D eigenvalue weighted by molar-refractivity contribution is 6.34. The van der Waals surface area contributed by atoms with Gasteiger partial charge in [0.25, 0.3) is 0 Å². The van der Waals surface area contributed by atoms with Gasteiger partial charge in [-0.3, -0.25) is 0 Å². The molecular formula is C14H19ClN2O3. The summed E-state index contributed by atoms with van der Waals surface area (Å²) in [6.07, 6.45) is 3.75. The molecule has 1 aliphatic rings. The molecule has 0 aliphatic heterocycles. The van der Waals surface area contributed by atoms with Gasteiger partial charge in [-0.05, 0) is 37.8 Å². The van der Waals surface area contributed by atoms with Crippen LogP contribution in [0.25, 0.3) is 0 Å². The highest BCUT2D eigenvalue weighted by Gasteiger charge is 2.29. The number of nitrogens with zero attached hydrogens (tertiary/aromatic N) is 1. The first-order chi connectivity index (χ1) is 9.54. The Kier molecular flexibility index (Phi) is 4.73. The Morgan fingerprint density at radius 2 is 2.15 bits per heavy atom. The highest BCUT2D eigenvalue weighted by Crippen LogP contribution is 2.38. The molecule has 20 heavy (non-hydrogen) atoms. The summed E-state index contributed by atoms with van der Waals surface area (Å²) in [5, 5.41) is 18.8. The predicted molar refractivity (Wildman–Crippen MR) is 79.5 cm³/mol. The average molecular weight is 299 g/mol. The number of halogens is 1. The van der Waals surface area contributed by atoms with Crippen molar-refractivity contribution in [2.75, 3.05) is 23.8 Å². The summed E-state index contributed by atoms with van der Waals surface area (Å²) < 4.78 is 0. The normalized spacial score (nSPS) is 14.9. The van der Waals surface area contributed by atoms with Crippen LogP contribution in [-0.4, -0.2) is 35.4 Å². The monoisotopic (exact) mass is 298 g/mol. The van der Waals surface area contributed by atoms with Crippen molar-refractivity contribution in [1.82, 2.24) is 0 Å². The Morgan fingerprint density at radius 1 is 1.45 bits per heavy atom. The second-order valence-corrected chi connectivity index (χ2v) is 5.47. The number of anilines is 2. The lowest BCUT2D eigenvalue weighted by atomic mass is 9.90. The number of hydrogen-bond acceptors (Lipinski definition) is 4. The van der Waals surface area contributed by atoms with Crippen LogP contribution >= 0.6 is 11.6 Å². The second-order valence-electron chi connectivity index (χ2n) is 5.06. The molecule has 0 aromatic heterocycles. The van der Waals surface area contributed by atoms with Crippen molar-refractivity contribution >= 4 is 28.9 Å². The number of carboxylic acid groups (broad SMARTS) is 1. The Labute approximate surface area is 122 Å². The molecule has 0 amide bonds. The number of hydrogen-bond donors (Lipinski definition) is 3. The Bertz CT molecular complexity index is 503. The first-order valence-electron chi connectivity index (χ1n) is 6.74. The van der Waals surface area contributed by atoms with Crippen LogP contribution in [0.1, 0.15) is 36.0 Å². The van der Waals surface area contributed by atoms with Crippen molar-refractivity contribution < 1.29 is 15.0 Å². The topological polar surface area (TPSA) is 86.8 Å². The number of aromatic carboxylic acids is 1. The van der Waals surface area contributed by atoms with Crippen LogP contribution in [0.5, 0.6) is 0 Å². The fourth-order valence-corrected chi connectivity index (χ4v) is 2.83. The largest absolute Gasteiger partial charge is 0.478 e. The number of nitrogen functional groups attached to an aromatic ring is 1. The van der Waals surface area contributed by atoms with Crippen molar-refractivity contribution in [1.29, 1.82) is 0 Å².